The zero-order valence-corrected chi connectivity index (χ0v) is 16.7. The monoisotopic (exact) mass is 383 g/mol. The van der Waals surface area contributed by atoms with E-state index in [-0.39, 0.29) is 11.7 Å². The number of nitrogens with zero attached hydrogens (tertiary/aromatic N) is 3. The van der Waals surface area contributed by atoms with E-state index in [4.69, 9.17) is 0 Å². The molecule has 5 nitrogen and oxygen atoms in total. The SMILES string of the molecule is Cc1cc(C(=O)CSc2ccc(C(=O)N3CCCC3)cn2)c(C)n1C1CC1. The van der Waals surface area contributed by atoms with Crippen LogP contribution in [0.3, 0.4) is 0 Å². The summed E-state index contributed by atoms with van der Waals surface area (Å²) < 4.78 is 2.30. The second-order valence-electron chi connectivity index (χ2n) is 7.48. The molecule has 1 saturated heterocycles. The van der Waals surface area contributed by atoms with Crippen LogP contribution in [0, 0.1) is 13.8 Å². The van der Waals surface area contributed by atoms with Gasteiger partial charge in [-0.3, -0.25) is 9.59 Å². The number of aromatic nitrogens is 2. The Kier molecular flexibility index (Phi) is 5.08. The van der Waals surface area contributed by atoms with Gasteiger partial charge in [-0.25, -0.2) is 4.98 Å². The average Bonchev–Trinajstić information content (AvgIpc) is 3.25. The minimum Gasteiger partial charge on any atom is -0.345 e. The summed E-state index contributed by atoms with van der Waals surface area (Å²) in [6.07, 6.45) is 6.22. The van der Waals surface area contributed by atoms with Crippen molar-refractivity contribution in [1.29, 1.82) is 0 Å². The third kappa shape index (κ3) is 3.81. The van der Waals surface area contributed by atoms with Gasteiger partial charge in [0, 0.05) is 42.3 Å². The second-order valence-corrected chi connectivity index (χ2v) is 8.48. The van der Waals surface area contributed by atoms with E-state index in [9.17, 15) is 9.59 Å². The number of likely N-dealkylation sites (tertiary alicyclic amines) is 1. The number of thioether (sulfide) groups is 1. The molecule has 0 atom stereocenters. The smallest absolute Gasteiger partial charge is 0.255 e. The van der Waals surface area contributed by atoms with Crippen molar-refractivity contribution in [1.82, 2.24) is 14.5 Å². The Bertz CT molecular complexity index is 862. The first-order valence-electron chi connectivity index (χ1n) is 9.64. The fourth-order valence-electron chi connectivity index (χ4n) is 3.87. The fraction of sp³-hybridized carbons (Fsp3) is 0.476. The number of carbonyl (C=O) groups excluding carboxylic acids is 2. The molecule has 3 heterocycles. The second kappa shape index (κ2) is 7.50. The van der Waals surface area contributed by atoms with Crippen LogP contribution < -0.4 is 0 Å². The lowest BCUT2D eigenvalue weighted by molar-refractivity contribution is 0.0792. The molecule has 27 heavy (non-hydrogen) atoms. The Labute approximate surface area is 164 Å². The van der Waals surface area contributed by atoms with Crippen LogP contribution in [-0.2, 0) is 0 Å². The molecule has 2 aromatic heterocycles. The van der Waals surface area contributed by atoms with Gasteiger partial charge in [0.2, 0.25) is 0 Å². The number of amides is 1. The van der Waals surface area contributed by atoms with Crippen LogP contribution in [0.15, 0.2) is 29.4 Å². The summed E-state index contributed by atoms with van der Waals surface area (Å²) in [5, 5.41) is 0.775. The Morgan fingerprint density at radius 1 is 1.19 bits per heavy atom. The molecule has 142 valence electrons. The zero-order chi connectivity index (χ0) is 19.0. The molecule has 2 fully saturated rings. The van der Waals surface area contributed by atoms with E-state index in [0.29, 0.717) is 17.4 Å². The first-order chi connectivity index (χ1) is 13.0. The minimum absolute atomic E-state index is 0.0557. The molecular formula is C21H25N3O2S. The van der Waals surface area contributed by atoms with Crippen LogP contribution in [-0.4, -0.2) is 45.0 Å². The maximum absolute atomic E-state index is 12.7. The van der Waals surface area contributed by atoms with Crippen molar-refractivity contribution in [3.63, 3.8) is 0 Å². The Morgan fingerprint density at radius 2 is 1.93 bits per heavy atom. The molecule has 1 aliphatic carbocycles. The van der Waals surface area contributed by atoms with Gasteiger partial charge in [-0.2, -0.15) is 0 Å². The van der Waals surface area contributed by atoms with Crippen LogP contribution in [0.5, 0.6) is 0 Å². The minimum atomic E-state index is 0.0557. The van der Waals surface area contributed by atoms with Crippen molar-refractivity contribution < 1.29 is 9.59 Å². The number of hydrogen-bond donors (Lipinski definition) is 0. The summed E-state index contributed by atoms with van der Waals surface area (Å²) in [5.74, 6) is 0.556. The number of hydrogen-bond acceptors (Lipinski definition) is 4. The molecule has 0 aromatic carbocycles. The number of rotatable bonds is 6. The molecule has 6 heteroatoms. The molecule has 0 bridgehead atoms. The van der Waals surface area contributed by atoms with Gasteiger partial charge < -0.3 is 9.47 Å². The van der Waals surface area contributed by atoms with Crippen LogP contribution in [0.2, 0.25) is 0 Å². The molecule has 0 radical (unpaired) electrons. The summed E-state index contributed by atoms with van der Waals surface area (Å²) in [4.78, 5) is 31.3. The molecule has 4 rings (SSSR count). The molecule has 2 aromatic rings. The quantitative estimate of drug-likeness (QED) is 0.558. The van der Waals surface area contributed by atoms with Crippen molar-refractivity contribution in [2.75, 3.05) is 18.8 Å². The van der Waals surface area contributed by atoms with Crippen LogP contribution in [0.25, 0.3) is 0 Å². The molecule has 0 spiro atoms. The van der Waals surface area contributed by atoms with Crippen molar-refractivity contribution in [2.45, 2.75) is 50.6 Å². The average molecular weight is 384 g/mol. The van der Waals surface area contributed by atoms with Gasteiger partial charge in [-0.1, -0.05) is 11.8 Å². The molecule has 1 amide bonds. The van der Waals surface area contributed by atoms with Crippen molar-refractivity contribution >= 4 is 23.5 Å². The number of carbonyl (C=O) groups is 2. The molecule has 0 unspecified atom stereocenters. The van der Waals surface area contributed by atoms with E-state index < -0.39 is 0 Å². The first-order valence-corrected chi connectivity index (χ1v) is 10.6. The largest absolute Gasteiger partial charge is 0.345 e. The van der Waals surface area contributed by atoms with Gasteiger partial charge in [0.25, 0.3) is 5.91 Å². The van der Waals surface area contributed by atoms with E-state index in [0.717, 1.165) is 42.2 Å². The van der Waals surface area contributed by atoms with Gasteiger partial charge in [0.05, 0.1) is 16.3 Å². The number of Topliss-reactive ketones (excluding diaryl/α,β-unsaturated/α-hetero) is 1. The van der Waals surface area contributed by atoms with Crippen LogP contribution in [0.4, 0.5) is 0 Å². The maximum atomic E-state index is 12.7. The highest BCUT2D eigenvalue weighted by Gasteiger charge is 2.28. The van der Waals surface area contributed by atoms with Gasteiger partial charge in [-0.05, 0) is 57.7 Å². The predicted octanol–water partition coefficient (Wildman–Crippen LogP) is 4.05. The standard InChI is InChI=1S/C21H25N3O2S/c1-14-11-18(15(2)24(14)17-6-7-17)19(25)13-27-20-8-5-16(12-22-20)21(26)23-9-3-4-10-23/h5,8,11-12,17H,3-4,6-7,9-10,13H2,1-2H3. The molecule has 1 saturated carbocycles. The predicted molar refractivity (Wildman–Crippen MR) is 107 cm³/mol. The number of ketones is 1. The third-order valence-corrected chi connectivity index (χ3v) is 6.37. The van der Waals surface area contributed by atoms with E-state index in [1.165, 1.54) is 30.3 Å². The lowest BCUT2D eigenvalue weighted by Crippen LogP contribution is -2.27. The highest BCUT2D eigenvalue weighted by atomic mass is 32.2. The Hall–Kier alpha value is -2.08. The van der Waals surface area contributed by atoms with Crippen molar-refractivity contribution in [3.05, 3.63) is 46.9 Å². The summed E-state index contributed by atoms with van der Waals surface area (Å²) in [6.45, 7) is 5.79. The van der Waals surface area contributed by atoms with E-state index in [2.05, 4.69) is 16.5 Å². The van der Waals surface area contributed by atoms with Gasteiger partial charge >= 0.3 is 0 Å². The fourth-order valence-corrected chi connectivity index (χ4v) is 4.59. The molecule has 2 aliphatic rings. The van der Waals surface area contributed by atoms with Crippen LogP contribution in [0.1, 0.15) is 63.8 Å². The van der Waals surface area contributed by atoms with E-state index >= 15 is 0 Å². The summed E-state index contributed by atoms with van der Waals surface area (Å²) in [7, 11) is 0. The van der Waals surface area contributed by atoms with Gasteiger partial charge in [0.1, 0.15) is 0 Å². The highest BCUT2D eigenvalue weighted by Crippen LogP contribution is 2.38. The van der Waals surface area contributed by atoms with Gasteiger partial charge in [0.15, 0.2) is 5.78 Å². The van der Waals surface area contributed by atoms with E-state index in [1.54, 1.807) is 6.20 Å². The normalized spacial score (nSPS) is 16.7. The van der Waals surface area contributed by atoms with E-state index in [1.807, 2.05) is 30.0 Å². The summed E-state index contributed by atoms with van der Waals surface area (Å²) in [6, 6.07) is 6.26. The van der Waals surface area contributed by atoms with Crippen LogP contribution >= 0.6 is 11.8 Å². The lowest BCUT2D eigenvalue weighted by atomic mass is 10.2. The number of aryl methyl sites for hydroxylation is 1. The lowest BCUT2D eigenvalue weighted by Gasteiger charge is -2.14. The van der Waals surface area contributed by atoms with Gasteiger partial charge in [-0.15, -0.1) is 0 Å². The molecular weight excluding hydrogens is 358 g/mol. The summed E-state index contributed by atoms with van der Waals surface area (Å²) in [5.41, 5.74) is 3.71. The number of pyridine rings is 1. The van der Waals surface area contributed by atoms with Crippen molar-refractivity contribution in [2.24, 2.45) is 0 Å². The molecule has 0 N–H and O–H groups in total. The first kappa shape index (κ1) is 18.3. The third-order valence-electron chi connectivity index (χ3n) is 5.42. The Balaban J connectivity index is 1.38. The highest BCUT2D eigenvalue weighted by molar-refractivity contribution is 7.99. The maximum Gasteiger partial charge on any atom is 0.255 e. The molecule has 1 aliphatic heterocycles. The van der Waals surface area contributed by atoms with Crippen molar-refractivity contribution in [3.8, 4) is 0 Å². The summed E-state index contributed by atoms with van der Waals surface area (Å²) >= 11 is 1.43. The zero-order valence-electron chi connectivity index (χ0n) is 15.9. The Morgan fingerprint density at radius 3 is 2.56 bits per heavy atom. The topological polar surface area (TPSA) is 55.2 Å².